The monoisotopic (exact) mass is 444 g/mol. The standard InChI is InChI=1S/C31H40O2/c1-2-3-4-5-6-7-8-18-25-30(32)26-33-31(27-19-12-9-13-20-27,28-21-14-10-15-22-28)29-23-16-11-17-24-29/h9-17,19-24,30,32H,2-8,18,25-26H2,1H3. The number of unbranched alkanes of at least 4 members (excludes halogenated alkanes) is 7. The fourth-order valence-corrected chi connectivity index (χ4v) is 4.59. The molecular weight excluding hydrogens is 404 g/mol. The second-order valence-corrected chi connectivity index (χ2v) is 9.01. The normalized spacial score (nSPS) is 12.5. The zero-order valence-electron chi connectivity index (χ0n) is 20.2. The number of hydrogen-bond donors (Lipinski definition) is 1. The molecule has 0 heterocycles. The van der Waals surface area contributed by atoms with E-state index in [0.29, 0.717) is 6.61 Å². The Bertz CT molecular complexity index is 780. The van der Waals surface area contributed by atoms with E-state index in [1.807, 2.05) is 18.2 Å². The first kappa shape index (κ1) is 25.2. The lowest BCUT2D eigenvalue weighted by Gasteiger charge is -2.36. The van der Waals surface area contributed by atoms with Crippen molar-refractivity contribution >= 4 is 0 Å². The summed E-state index contributed by atoms with van der Waals surface area (Å²) < 4.78 is 6.72. The van der Waals surface area contributed by atoms with Gasteiger partial charge in [0.1, 0.15) is 5.60 Å². The van der Waals surface area contributed by atoms with E-state index in [2.05, 4.69) is 79.7 Å². The molecule has 0 aliphatic carbocycles. The summed E-state index contributed by atoms with van der Waals surface area (Å²) in [5.74, 6) is 0. The third kappa shape index (κ3) is 7.28. The first-order chi connectivity index (χ1) is 16.3. The molecule has 2 heteroatoms. The van der Waals surface area contributed by atoms with Crippen LogP contribution in [-0.4, -0.2) is 17.8 Å². The molecule has 3 rings (SSSR count). The molecule has 0 spiro atoms. The van der Waals surface area contributed by atoms with Gasteiger partial charge in [-0.2, -0.15) is 0 Å². The fraction of sp³-hybridized carbons (Fsp3) is 0.419. The van der Waals surface area contributed by atoms with Crippen LogP contribution in [0, 0.1) is 0 Å². The van der Waals surface area contributed by atoms with E-state index in [1.54, 1.807) is 0 Å². The number of aliphatic hydroxyl groups is 1. The van der Waals surface area contributed by atoms with Crippen LogP contribution in [0.5, 0.6) is 0 Å². The zero-order valence-corrected chi connectivity index (χ0v) is 20.2. The van der Waals surface area contributed by atoms with Gasteiger partial charge in [-0.15, -0.1) is 0 Å². The first-order valence-corrected chi connectivity index (χ1v) is 12.8. The van der Waals surface area contributed by atoms with Crippen molar-refractivity contribution in [3.8, 4) is 0 Å². The summed E-state index contributed by atoms with van der Waals surface area (Å²) >= 11 is 0. The minimum absolute atomic E-state index is 0.301. The lowest BCUT2D eigenvalue weighted by molar-refractivity contribution is -0.0405. The molecule has 33 heavy (non-hydrogen) atoms. The van der Waals surface area contributed by atoms with Gasteiger partial charge in [-0.1, -0.05) is 149 Å². The van der Waals surface area contributed by atoms with E-state index >= 15 is 0 Å². The number of benzene rings is 3. The third-order valence-corrected chi connectivity index (χ3v) is 6.42. The quantitative estimate of drug-likeness (QED) is 0.191. The molecule has 0 bridgehead atoms. The number of ether oxygens (including phenoxy) is 1. The Morgan fingerprint density at radius 2 is 1.00 bits per heavy atom. The van der Waals surface area contributed by atoms with Gasteiger partial charge in [0, 0.05) is 0 Å². The molecule has 0 amide bonds. The van der Waals surface area contributed by atoms with Crippen molar-refractivity contribution in [1.82, 2.24) is 0 Å². The van der Waals surface area contributed by atoms with Crippen molar-refractivity contribution in [2.45, 2.75) is 76.4 Å². The highest BCUT2D eigenvalue weighted by Crippen LogP contribution is 2.40. The Labute approximate surface area is 200 Å². The molecule has 176 valence electrons. The average Bonchev–Trinajstić information content (AvgIpc) is 2.88. The summed E-state index contributed by atoms with van der Waals surface area (Å²) in [5.41, 5.74) is 2.45. The summed E-state index contributed by atoms with van der Waals surface area (Å²) in [6, 6.07) is 31.1. The van der Waals surface area contributed by atoms with Crippen LogP contribution in [-0.2, 0) is 10.3 Å². The number of aliphatic hydroxyl groups excluding tert-OH is 1. The van der Waals surface area contributed by atoms with Crippen LogP contribution in [0.2, 0.25) is 0 Å². The molecule has 0 aliphatic rings. The van der Waals surface area contributed by atoms with Crippen LogP contribution >= 0.6 is 0 Å². The van der Waals surface area contributed by atoms with Gasteiger partial charge in [0.15, 0.2) is 0 Å². The second kappa shape index (κ2) is 14.0. The van der Waals surface area contributed by atoms with Gasteiger partial charge < -0.3 is 9.84 Å². The third-order valence-electron chi connectivity index (χ3n) is 6.42. The Morgan fingerprint density at radius 3 is 1.42 bits per heavy atom. The molecule has 3 aromatic carbocycles. The lowest BCUT2D eigenvalue weighted by atomic mass is 9.80. The van der Waals surface area contributed by atoms with E-state index in [4.69, 9.17) is 4.74 Å². The summed E-state index contributed by atoms with van der Waals surface area (Å²) in [6.07, 6.45) is 10.5. The smallest absolute Gasteiger partial charge is 0.143 e. The molecule has 0 aliphatic heterocycles. The minimum Gasteiger partial charge on any atom is -0.391 e. The zero-order chi connectivity index (χ0) is 23.2. The number of rotatable bonds is 15. The molecule has 1 N–H and O–H groups in total. The molecule has 0 radical (unpaired) electrons. The van der Waals surface area contributed by atoms with E-state index < -0.39 is 11.7 Å². The number of hydrogen-bond acceptors (Lipinski definition) is 2. The maximum atomic E-state index is 10.8. The van der Waals surface area contributed by atoms with Crippen molar-refractivity contribution in [2.24, 2.45) is 0 Å². The van der Waals surface area contributed by atoms with Gasteiger partial charge in [-0.25, -0.2) is 0 Å². The molecule has 1 unspecified atom stereocenters. The van der Waals surface area contributed by atoms with Crippen molar-refractivity contribution in [3.63, 3.8) is 0 Å². The SMILES string of the molecule is CCCCCCCCCCC(O)COC(c1ccccc1)(c1ccccc1)c1ccccc1. The average molecular weight is 445 g/mol. The highest BCUT2D eigenvalue weighted by molar-refractivity contribution is 5.47. The van der Waals surface area contributed by atoms with Crippen LogP contribution in [0.1, 0.15) is 81.4 Å². The van der Waals surface area contributed by atoms with E-state index in [1.165, 1.54) is 44.9 Å². The van der Waals surface area contributed by atoms with Gasteiger partial charge in [-0.3, -0.25) is 0 Å². The van der Waals surface area contributed by atoms with Gasteiger partial charge in [0.05, 0.1) is 12.7 Å². The van der Waals surface area contributed by atoms with Crippen LogP contribution < -0.4 is 0 Å². The molecule has 0 aromatic heterocycles. The van der Waals surface area contributed by atoms with Gasteiger partial charge in [0.25, 0.3) is 0 Å². The van der Waals surface area contributed by atoms with Gasteiger partial charge in [0.2, 0.25) is 0 Å². The van der Waals surface area contributed by atoms with Crippen LogP contribution in [0.15, 0.2) is 91.0 Å². The topological polar surface area (TPSA) is 29.5 Å². The van der Waals surface area contributed by atoms with Crippen molar-refractivity contribution in [2.75, 3.05) is 6.61 Å². The highest BCUT2D eigenvalue weighted by atomic mass is 16.5. The predicted octanol–water partition coefficient (Wildman–Crippen LogP) is 7.89. The largest absolute Gasteiger partial charge is 0.391 e. The molecular formula is C31H40O2. The van der Waals surface area contributed by atoms with E-state index in [9.17, 15) is 5.11 Å². The predicted molar refractivity (Wildman–Crippen MR) is 138 cm³/mol. The highest BCUT2D eigenvalue weighted by Gasteiger charge is 2.37. The molecule has 0 fully saturated rings. The molecule has 0 saturated carbocycles. The fourth-order valence-electron chi connectivity index (χ4n) is 4.59. The van der Waals surface area contributed by atoms with Gasteiger partial charge >= 0.3 is 0 Å². The molecule has 0 saturated heterocycles. The first-order valence-electron chi connectivity index (χ1n) is 12.8. The Kier molecular flexibility index (Phi) is 10.7. The minimum atomic E-state index is -0.760. The van der Waals surface area contributed by atoms with E-state index in [0.717, 1.165) is 29.5 Å². The Hall–Kier alpha value is -2.42. The summed E-state index contributed by atoms with van der Waals surface area (Å²) in [5, 5.41) is 10.8. The Balaban J connectivity index is 1.69. The molecule has 1 atom stereocenters. The van der Waals surface area contributed by atoms with Crippen LogP contribution in [0.4, 0.5) is 0 Å². The molecule has 3 aromatic rings. The second-order valence-electron chi connectivity index (χ2n) is 9.01. The van der Waals surface area contributed by atoms with Crippen molar-refractivity contribution in [3.05, 3.63) is 108 Å². The maximum Gasteiger partial charge on any atom is 0.143 e. The summed E-state index contributed by atoms with van der Waals surface area (Å²) in [7, 11) is 0. The summed E-state index contributed by atoms with van der Waals surface area (Å²) in [4.78, 5) is 0. The lowest BCUT2D eigenvalue weighted by Crippen LogP contribution is -2.35. The van der Waals surface area contributed by atoms with Crippen LogP contribution in [0.3, 0.4) is 0 Å². The van der Waals surface area contributed by atoms with Crippen LogP contribution in [0.25, 0.3) is 0 Å². The van der Waals surface area contributed by atoms with Crippen molar-refractivity contribution in [1.29, 1.82) is 0 Å². The van der Waals surface area contributed by atoms with Gasteiger partial charge in [-0.05, 0) is 23.1 Å². The van der Waals surface area contributed by atoms with Crippen molar-refractivity contribution < 1.29 is 9.84 Å². The molecule has 2 nitrogen and oxygen atoms in total. The summed E-state index contributed by atoms with van der Waals surface area (Å²) in [6.45, 7) is 2.56. The Morgan fingerprint density at radius 1 is 0.606 bits per heavy atom. The maximum absolute atomic E-state index is 10.8. The van der Waals surface area contributed by atoms with E-state index in [-0.39, 0.29) is 0 Å².